The van der Waals surface area contributed by atoms with Crippen LogP contribution >= 0.6 is 0 Å². The monoisotopic (exact) mass is 462 g/mol. The van der Waals surface area contributed by atoms with Crippen molar-refractivity contribution in [2.75, 3.05) is 6.61 Å². The second-order valence-electron chi connectivity index (χ2n) is 9.09. The molecule has 2 aromatic rings. The summed E-state index contributed by atoms with van der Waals surface area (Å²) in [4.78, 5) is 0. The van der Waals surface area contributed by atoms with Crippen LogP contribution in [0.2, 0.25) is 0 Å². The van der Waals surface area contributed by atoms with Gasteiger partial charge in [0, 0.05) is 11.1 Å². The molecule has 1 fully saturated rings. The summed E-state index contributed by atoms with van der Waals surface area (Å²) in [5.74, 6) is -4.26. The molecule has 0 aromatic heterocycles. The molecule has 180 valence electrons. The van der Waals surface area contributed by atoms with Crippen molar-refractivity contribution in [3.05, 3.63) is 65.8 Å². The van der Waals surface area contributed by atoms with Crippen LogP contribution in [0.3, 0.4) is 0 Å². The minimum atomic E-state index is -1.26. The molecular formula is C28H34F4O. The van der Waals surface area contributed by atoms with Crippen molar-refractivity contribution in [1.29, 1.82) is 0 Å². The molecule has 0 N–H and O–H groups in total. The van der Waals surface area contributed by atoms with E-state index in [0.717, 1.165) is 25.7 Å². The highest BCUT2D eigenvalue weighted by Gasteiger charge is 2.27. The Morgan fingerprint density at radius 3 is 2.12 bits per heavy atom. The Labute approximate surface area is 194 Å². The van der Waals surface area contributed by atoms with Crippen LogP contribution in [0.25, 0.3) is 11.1 Å². The fraction of sp³-hybridized carbons (Fsp3) is 0.500. The molecular weight excluding hydrogens is 428 g/mol. The van der Waals surface area contributed by atoms with Gasteiger partial charge in [-0.25, -0.2) is 13.2 Å². The lowest BCUT2D eigenvalue weighted by Crippen LogP contribution is -2.15. The molecule has 0 spiro atoms. The molecule has 5 heteroatoms. The zero-order chi connectivity index (χ0) is 23.8. The largest absolute Gasteiger partial charge is 0.486 e. The third-order valence-electron chi connectivity index (χ3n) is 6.81. The first kappa shape index (κ1) is 25.3. The highest BCUT2D eigenvalue weighted by molar-refractivity contribution is 5.66. The summed E-state index contributed by atoms with van der Waals surface area (Å²) in [6, 6.07) is 5.31. The molecule has 3 rings (SSSR count). The molecule has 0 amide bonds. The van der Waals surface area contributed by atoms with Crippen molar-refractivity contribution in [2.24, 2.45) is 5.92 Å². The van der Waals surface area contributed by atoms with Gasteiger partial charge in [0.1, 0.15) is 6.61 Å². The Morgan fingerprint density at radius 2 is 1.45 bits per heavy atom. The van der Waals surface area contributed by atoms with E-state index in [4.69, 9.17) is 4.74 Å². The van der Waals surface area contributed by atoms with Crippen LogP contribution < -0.4 is 4.74 Å². The number of ether oxygens (including phenoxy) is 1. The molecule has 0 radical (unpaired) electrons. The van der Waals surface area contributed by atoms with Crippen LogP contribution in [0.15, 0.2) is 36.9 Å². The fourth-order valence-corrected chi connectivity index (χ4v) is 4.89. The highest BCUT2D eigenvalue weighted by atomic mass is 19.2. The zero-order valence-electron chi connectivity index (χ0n) is 19.4. The lowest BCUT2D eigenvalue weighted by Gasteiger charge is -2.29. The number of hydrogen-bond acceptors (Lipinski definition) is 1. The Kier molecular flexibility index (Phi) is 9.40. The molecule has 1 saturated carbocycles. The first-order valence-corrected chi connectivity index (χ1v) is 12.2. The Bertz CT molecular complexity index is 932. The Balaban J connectivity index is 1.68. The molecule has 0 aliphatic heterocycles. The molecule has 0 bridgehead atoms. The second kappa shape index (κ2) is 12.2. The van der Waals surface area contributed by atoms with Gasteiger partial charge in [-0.05, 0) is 55.2 Å². The maximum Gasteiger partial charge on any atom is 0.201 e. The van der Waals surface area contributed by atoms with E-state index in [1.54, 1.807) is 0 Å². The van der Waals surface area contributed by atoms with E-state index in [-0.39, 0.29) is 29.4 Å². The van der Waals surface area contributed by atoms with Crippen LogP contribution in [-0.2, 0) is 0 Å². The van der Waals surface area contributed by atoms with Gasteiger partial charge in [-0.3, -0.25) is 0 Å². The van der Waals surface area contributed by atoms with Crippen LogP contribution in [0.4, 0.5) is 17.6 Å². The standard InChI is InChI=1S/C28H34F4O/c1-3-5-6-7-8-9-19-10-12-20(13-11-19)21-14-15-22(26(30)25(21)29)23-16-17-24(33-18-4-2)28(32)27(23)31/h4,14-17,19-20H,2-3,5-13,18H2,1H3. The quantitative estimate of drug-likeness (QED) is 0.184. The molecule has 0 unspecified atom stereocenters. The normalized spacial score (nSPS) is 18.3. The number of benzene rings is 2. The maximum absolute atomic E-state index is 15.0. The Hall–Kier alpha value is -2.30. The van der Waals surface area contributed by atoms with Gasteiger partial charge in [0.25, 0.3) is 0 Å². The summed E-state index contributed by atoms with van der Waals surface area (Å²) < 4.78 is 63.9. The van der Waals surface area contributed by atoms with Gasteiger partial charge >= 0.3 is 0 Å². The predicted molar refractivity (Wildman–Crippen MR) is 125 cm³/mol. The molecule has 0 atom stereocenters. The van der Waals surface area contributed by atoms with Crippen LogP contribution in [0, 0.1) is 29.2 Å². The van der Waals surface area contributed by atoms with E-state index in [2.05, 4.69) is 13.5 Å². The molecule has 2 aromatic carbocycles. The number of rotatable bonds is 11. The SMILES string of the molecule is C=CCOc1ccc(-c2ccc(C3CCC(CCCCCCC)CC3)c(F)c2F)c(F)c1F. The van der Waals surface area contributed by atoms with E-state index in [1.165, 1.54) is 68.9 Å². The summed E-state index contributed by atoms with van der Waals surface area (Å²) in [6.07, 6.45) is 12.6. The van der Waals surface area contributed by atoms with Gasteiger partial charge in [-0.15, -0.1) is 0 Å². The molecule has 33 heavy (non-hydrogen) atoms. The zero-order valence-corrected chi connectivity index (χ0v) is 19.4. The average Bonchev–Trinajstić information content (AvgIpc) is 2.82. The van der Waals surface area contributed by atoms with Gasteiger partial charge in [-0.2, -0.15) is 4.39 Å². The van der Waals surface area contributed by atoms with Crippen molar-refractivity contribution in [1.82, 2.24) is 0 Å². The molecule has 1 aliphatic carbocycles. The predicted octanol–water partition coefficient (Wildman–Crippen LogP) is 9.11. The van der Waals surface area contributed by atoms with Crippen LogP contribution in [0.1, 0.15) is 82.6 Å². The van der Waals surface area contributed by atoms with Crippen molar-refractivity contribution >= 4 is 0 Å². The first-order chi connectivity index (χ1) is 16.0. The molecule has 0 heterocycles. The van der Waals surface area contributed by atoms with E-state index < -0.39 is 23.3 Å². The summed E-state index contributed by atoms with van der Waals surface area (Å²) in [5.41, 5.74) is -0.277. The lowest BCUT2D eigenvalue weighted by atomic mass is 9.76. The van der Waals surface area contributed by atoms with E-state index >= 15 is 4.39 Å². The molecule has 1 nitrogen and oxygen atoms in total. The number of hydrogen-bond donors (Lipinski definition) is 0. The molecule has 1 aliphatic rings. The summed E-state index contributed by atoms with van der Waals surface area (Å²) in [5, 5.41) is 0. The van der Waals surface area contributed by atoms with Crippen molar-refractivity contribution in [2.45, 2.75) is 77.0 Å². The topological polar surface area (TPSA) is 9.23 Å². The van der Waals surface area contributed by atoms with E-state index in [0.29, 0.717) is 11.5 Å². The highest BCUT2D eigenvalue weighted by Crippen LogP contribution is 2.41. The van der Waals surface area contributed by atoms with Gasteiger partial charge < -0.3 is 4.74 Å². The molecule has 0 saturated heterocycles. The summed E-state index contributed by atoms with van der Waals surface area (Å²) >= 11 is 0. The van der Waals surface area contributed by atoms with Gasteiger partial charge in [0.05, 0.1) is 0 Å². The third kappa shape index (κ3) is 6.18. The summed E-state index contributed by atoms with van der Waals surface area (Å²) in [6.45, 7) is 5.67. The second-order valence-corrected chi connectivity index (χ2v) is 9.09. The van der Waals surface area contributed by atoms with E-state index in [1.807, 2.05) is 0 Å². The average molecular weight is 463 g/mol. The van der Waals surface area contributed by atoms with Crippen molar-refractivity contribution < 1.29 is 22.3 Å². The van der Waals surface area contributed by atoms with Gasteiger partial charge in [0.15, 0.2) is 23.2 Å². The minimum Gasteiger partial charge on any atom is -0.486 e. The van der Waals surface area contributed by atoms with Crippen molar-refractivity contribution in [3.8, 4) is 16.9 Å². The third-order valence-corrected chi connectivity index (χ3v) is 6.81. The smallest absolute Gasteiger partial charge is 0.201 e. The van der Waals surface area contributed by atoms with Crippen molar-refractivity contribution in [3.63, 3.8) is 0 Å². The summed E-state index contributed by atoms with van der Waals surface area (Å²) in [7, 11) is 0. The van der Waals surface area contributed by atoms with Gasteiger partial charge in [-0.1, -0.05) is 70.2 Å². The maximum atomic E-state index is 15.0. The number of unbranched alkanes of at least 4 members (excludes halogenated alkanes) is 4. The fourth-order valence-electron chi connectivity index (χ4n) is 4.89. The first-order valence-electron chi connectivity index (χ1n) is 12.2. The Morgan fingerprint density at radius 1 is 0.818 bits per heavy atom. The van der Waals surface area contributed by atoms with E-state index in [9.17, 15) is 13.2 Å². The minimum absolute atomic E-state index is 0.00843. The number of halogens is 4. The van der Waals surface area contributed by atoms with Gasteiger partial charge in [0.2, 0.25) is 5.82 Å². The van der Waals surface area contributed by atoms with Crippen LogP contribution in [0.5, 0.6) is 5.75 Å². The van der Waals surface area contributed by atoms with Crippen LogP contribution in [-0.4, -0.2) is 6.61 Å². The lowest BCUT2D eigenvalue weighted by molar-refractivity contribution is 0.297.